The van der Waals surface area contributed by atoms with Crippen LogP contribution in [0, 0.1) is 6.92 Å². The van der Waals surface area contributed by atoms with Gasteiger partial charge in [0.2, 0.25) is 11.8 Å². The number of carbonyl (C=O) groups excluding carboxylic acids is 2. The Balaban J connectivity index is 1.72. The standard InChI is InChI=1S/C27H34Cl2N2O2S/c1-3-25(27(33)30-22-7-5-4-6-8-22)31(18-20-11-12-21(28)17-24(20)29)26(32)15-16-34-23-13-9-19(2)10-14-23/h9-14,17,22,25H,3-8,15-16,18H2,1-2H3,(H,30,33)/t25-/m0/s1. The lowest BCUT2D eigenvalue weighted by molar-refractivity contribution is -0.141. The Morgan fingerprint density at radius 3 is 2.44 bits per heavy atom. The monoisotopic (exact) mass is 520 g/mol. The lowest BCUT2D eigenvalue weighted by Crippen LogP contribution is -2.51. The highest BCUT2D eigenvalue weighted by Gasteiger charge is 2.30. The molecule has 2 aromatic rings. The molecule has 2 amide bonds. The van der Waals surface area contributed by atoms with Gasteiger partial charge in [0.25, 0.3) is 0 Å². The molecular weight excluding hydrogens is 487 g/mol. The second-order valence-electron chi connectivity index (χ2n) is 8.94. The minimum Gasteiger partial charge on any atom is -0.352 e. The van der Waals surface area contributed by atoms with Gasteiger partial charge in [0.15, 0.2) is 0 Å². The van der Waals surface area contributed by atoms with E-state index in [1.54, 1.807) is 28.8 Å². The third-order valence-corrected chi connectivity index (χ3v) is 7.90. The van der Waals surface area contributed by atoms with Gasteiger partial charge in [-0.05, 0) is 56.0 Å². The van der Waals surface area contributed by atoms with Crippen molar-refractivity contribution in [2.45, 2.75) is 82.3 Å². The summed E-state index contributed by atoms with van der Waals surface area (Å²) in [5.74, 6) is 0.531. The van der Waals surface area contributed by atoms with Gasteiger partial charge < -0.3 is 10.2 Å². The van der Waals surface area contributed by atoms with E-state index in [0.717, 1.165) is 36.1 Å². The summed E-state index contributed by atoms with van der Waals surface area (Å²) in [5.41, 5.74) is 2.00. The molecule has 7 heteroatoms. The molecule has 1 atom stereocenters. The van der Waals surface area contributed by atoms with Gasteiger partial charge in [-0.1, -0.05) is 73.2 Å². The fourth-order valence-electron chi connectivity index (χ4n) is 4.33. The maximum Gasteiger partial charge on any atom is 0.243 e. The Morgan fingerprint density at radius 2 is 1.79 bits per heavy atom. The van der Waals surface area contributed by atoms with Crippen LogP contribution in [0.3, 0.4) is 0 Å². The molecule has 3 rings (SSSR count). The summed E-state index contributed by atoms with van der Waals surface area (Å²) in [6.45, 7) is 4.29. The van der Waals surface area contributed by atoms with E-state index in [1.165, 1.54) is 12.0 Å². The average Bonchev–Trinajstić information content (AvgIpc) is 2.82. The molecule has 4 nitrogen and oxygen atoms in total. The zero-order valence-electron chi connectivity index (χ0n) is 20.0. The normalized spacial score (nSPS) is 15.1. The van der Waals surface area contributed by atoms with Gasteiger partial charge in [-0.3, -0.25) is 9.59 Å². The summed E-state index contributed by atoms with van der Waals surface area (Å²) in [6, 6.07) is 13.2. The number of nitrogens with one attached hydrogen (secondary N) is 1. The highest BCUT2D eigenvalue weighted by molar-refractivity contribution is 7.99. The summed E-state index contributed by atoms with van der Waals surface area (Å²) >= 11 is 14.2. The maximum atomic E-state index is 13.4. The van der Waals surface area contributed by atoms with E-state index in [1.807, 2.05) is 13.0 Å². The van der Waals surface area contributed by atoms with Gasteiger partial charge in [0.1, 0.15) is 6.04 Å². The van der Waals surface area contributed by atoms with Crippen molar-refractivity contribution in [2.24, 2.45) is 0 Å². The van der Waals surface area contributed by atoms with Gasteiger partial charge in [-0.15, -0.1) is 11.8 Å². The topological polar surface area (TPSA) is 49.4 Å². The van der Waals surface area contributed by atoms with Crippen LogP contribution in [0.5, 0.6) is 0 Å². The first-order chi connectivity index (χ1) is 16.4. The third kappa shape index (κ3) is 7.93. The molecule has 0 aliphatic heterocycles. The molecule has 0 unspecified atom stereocenters. The van der Waals surface area contributed by atoms with Crippen LogP contribution in [-0.2, 0) is 16.1 Å². The van der Waals surface area contributed by atoms with Crippen molar-refractivity contribution in [3.8, 4) is 0 Å². The highest BCUT2D eigenvalue weighted by atomic mass is 35.5. The molecule has 0 radical (unpaired) electrons. The second-order valence-corrected chi connectivity index (χ2v) is 10.9. The van der Waals surface area contributed by atoms with Crippen LogP contribution in [0.15, 0.2) is 47.4 Å². The third-order valence-electron chi connectivity index (χ3n) is 6.30. The van der Waals surface area contributed by atoms with Crippen molar-refractivity contribution in [3.63, 3.8) is 0 Å². The summed E-state index contributed by atoms with van der Waals surface area (Å²) in [5, 5.41) is 4.26. The number of benzene rings is 2. The molecule has 184 valence electrons. The zero-order chi connectivity index (χ0) is 24.5. The number of carbonyl (C=O) groups is 2. The smallest absolute Gasteiger partial charge is 0.243 e. The molecule has 0 spiro atoms. The van der Waals surface area contributed by atoms with Crippen molar-refractivity contribution in [2.75, 3.05) is 5.75 Å². The minimum absolute atomic E-state index is 0.0451. The Hall–Kier alpha value is -1.69. The molecule has 1 N–H and O–H groups in total. The molecule has 0 bridgehead atoms. The van der Waals surface area contributed by atoms with Crippen LogP contribution in [0.25, 0.3) is 0 Å². The molecule has 0 heterocycles. The van der Waals surface area contributed by atoms with Crippen molar-refractivity contribution in [1.29, 1.82) is 0 Å². The lowest BCUT2D eigenvalue weighted by Gasteiger charge is -2.33. The summed E-state index contributed by atoms with van der Waals surface area (Å²) < 4.78 is 0. The van der Waals surface area contributed by atoms with Gasteiger partial charge in [-0.25, -0.2) is 0 Å². The van der Waals surface area contributed by atoms with Crippen molar-refractivity contribution >= 4 is 46.8 Å². The predicted molar refractivity (Wildman–Crippen MR) is 143 cm³/mol. The van der Waals surface area contributed by atoms with E-state index in [9.17, 15) is 9.59 Å². The molecule has 1 saturated carbocycles. The first kappa shape index (κ1) is 26.9. The number of rotatable bonds is 10. The SMILES string of the molecule is CC[C@@H](C(=O)NC1CCCCC1)N(Cc1ccc(Cl)cc1Cl)C(=O)CCSc1ccc(C)cc1. The van der Waals surface area contributed by atoms with Crippen LogP contribution in [0.2, 0.25) is 10.0 Å². The molecule has 1 aliphatic rings. The van der Waals surface area contributed by atoms with Crippen molar-refractivity contribution in [3.05, 3.63) is 63.6 Å². The van der Waals surface area contributed by atoms with E-state index >= 15 is 0 Å². The van der Waals surface area contributed by atoms with E-state index in [2.05, 4.69) is 36.5 Å². The molecule has 0 aromatic heterocycles. The molecule has 2 aromatic carbocycles. The van der Waals surface area contributed by atoms with E-state index < -0.39 is 6.04 Å². The van der Waals surface area contributed by atoms with E-state index in [-0.39, 0.29) is 24.4 Å². The van der Waals surface area contributed by atoms with Crippen molar-refractivity contribution in [1.82, 2.24) is 10.2 Å². The first-order valence-corrected chi connectivity index (χ1v) is 13.8. The van der Waals surface area contributed by atoms with Crippen LogP contribution in [0.1, 0.15) is 63.0 Å². The Bertz CT molecular complexity index is 962. The largest absolute Gasteiger partial charge is 0.352 e. The van der Waals surface area contributed by atoms with Gasteiger partial charge in [0, 0.05) is 39.7 Å². The average molecular weight is 522 g/mol. The number of nitrogens with zero attached hydrogens (tertiary/aromatic N) is 1. The molecule has 0 saturated heterocycles. The Morgan fingerprint density at radius 1 is 1.09 bits per heavy atom. The number of halogens is 2. The number of amides is 2. The van der Waals surface area contributed by atoms with E-state index in [4.69, 9.17) is 23.2 Å². The fourth-order valence-corrected chi connectivity index (χ4v) is 5.64. The number of thioether (sulfide) groups is 1. The summed E-state index contributed by atoms with van der Waals surface area (Å²) in [4.78, 5) is 29.5. The van der Waals surface area contributed by atoms with Crippen LogP contribution in [-0.4, -0.2) is 34.6 Å². The lowest BCUT2D eigenvalue weighted by atomic mass is 9.95. The summed E-state index contributed by atoms with van der Waals surface area (Å²) in [7, 11) is 0. The quantitative estimate of drug-likeness (QED) is 0.341. The maximum absolute atomic E-state index is 13.4. The number of hydrogen-bond acceptors (Lipinski definition) is 3. The molecule has 1 aliphatic carbocycles. The zero-order valence-corrected chi connectivity index (χ0v) is 22.3. The van der Waals surface area contributed by atoms with Crippen LogP contribution >= 0.6 is 35.0 Å². The van der Waals surface area contributed by atoms with Crippen LogP contribution in [0.4, 0.5) is 0 Å². The Labute approximate surface area is 217 Å². The van der Waals surface area contributed by atoms with Gasteiger partial charge >= 0.3 is 0 Å². The van der Waals surface area contributed by atoms with Crippen molar-refractivity contribution < 1.29 is 9.59 Å². The number of hydrogen-bond donors (Lipinski definition) is 1. The fraction of sp³-hybridized carbons (Fsp3) is 0.481. The predicted octanol–water partition coefficient (Wildman–Crippen LogP) is 7.04. The van der Waals surface area contributed by atoms with Crippen LogP contribution < -0.4 is 5.32 Å². The van der Waals surface area contributed by atoms with Gasteiger partial charge in [0.05, 0.1) is 0 Å². The Kier molecular flexibility index (Phi) is 10.6. The van der Waals surface area contributed by atoms with Gasteiger partial charge in [-0.2, -0.15) is 0 Å². The van der Waals surface area contributed by atoms with E-state index in [0.29, 0.717) is 28.6 Å². The summed E-state index contributed by atoms with van der Waals surface area (Å²) in [6.07, 6.45) is 6.40. The second kappa shape index (κ2) is 13.4. The molecule has 1 fully saturated rings. The highest BCUT2D eigenvalue weighted by Crippen LogP contribution is 2.26. The molecule has 34 heavy (non-hydrogen) atoms. The first-order valence-electron chi connectivity index (χ1n) is 12.1. The molecular formula is C27H34Cl2N2O2S. The minimum atomic E-state index is -0.537. The number of aryl methyl sites for hydroxylation is 1.